The van der Waals surface area contributed by atoms with Crippen LogP contribution in [0.15, 0.2) is 58.1 Å². The number of anilines is 1. The second-order valence-electron chi connectivity index (χ2n) is 6.70. The molecule has 0 saturated heterocycles. The highest BCUT2D eigenvalue weighted by molar-refractivity contribution is 9.10. The summed E-state index contributed by atoms with van der Waals surface area (Å²) < 4.78 is 0.731. The summed E-state index contributed by atoms with van der Waals surface area (Å²) in [4.78, 5) is 24.6. The Hall–Kier alpha value is -2.47. The molecule has 140 valence electrons. The Labute approximate surface area is 167 Å². The summed E-state index contributed by atoms with van der Waals surface area (Å²) in [7, 11) is 0. The molecular formula is C21H22BrN3O2. The summed E-state index contributed by atoms with van der Waals surface area (Å²) in [5.41, 5.74) is 5.39. The van der Waals surface area contributed by atoms with Gasteiger partial charge in [-0.3, -0.25) is 9.59 Å². The van der Waals surface area contributed by atoms with Gasteiger partial charge in [0, 0.05) is 21.4 Å². The van der Waals surface area contributed by atoms with Crippen LogP contribution < -0.4 is 10.7 Å². The first-order valence-corrected chi connectivity index (χ1v) is 9.86. The maximum atomic E-state index is 12.3. The SMILES string of the molecule is C[C@@H]1CCCC/C1=N\NC(=O)c1ccc(NC(=O)c2ccccc2Br)cc1. The molecule has 0 unspecified atom stereocenters. The molecule has 2 amide bonds. The fraction of sp³-hybridized carbons (Fsp3) is 0.286. The molecule has 5 nitrogen and oxygen atoms in total. The maximum Gasteiger partial charge on any atom is 0.271 e. The Kier molecular flexibility index (Phi) is 6.40. The molecule has 1 aliphatic carbocycles. The Morgan fingerprint density at radius 1 is 1.04 bits per heavy atom. The lowest BCUT2D eigenvalue weighted by atomic mass is 9.89. The van der Waals surface area contributed by atoms with Gasteiger partial charge in [0.15, 0.2) is 0 Å². The smallest absolute Gasteiger partial charge is 0.271 e. The highest BCUT2D eigenvalue weighted by atomic mass is 79.9. The average Bonchev–Trinajstić information content (AvgIpc) is 2.68. The van der Waals surface area contributed by atoms with E-state index in [1.165, 1.54) is 6.42 Å². The predicted octanol–water partition coefficient (Wildman–Crippen LogP) is 5.00. The van der Waals surface area contributed by atoms with E-state index >= 15 is 0 Å². The van der Waals surface area contributed by atoms with Crippen LogP contribution in [0.4, 0.5) is 5.69 Å². The summed E-state index contributed by atoms with van der Waals surface area (Å²) >= 11 is 3.37. The van der Waals surface area contributed by atoms with E-state index in [9.17, 15) is 9.59 Å². The second kappa shape index (κ2) is 8.95. The number of amides is 2. The lowest BCUT2D eigenvalue weighted by Crippen LogP contribution is -2.24. The summed E-state index contributed by atoms with van der Waals surface area (Å²) in [6.07, 6.45) is 4.42. The van der Waals surface area contributed by atoms with Crippen molar-refractivity contribution in [3.63, 3.8) is 0 Å². The first-order valence-electron chi connectivity index (χ1n) is 9.07. The van der Waals surface area contributed by atoms with Crippen LogP contribution in [0.5, 0.6) is 0 Å². The molecule has 0 heterocycles. The summed E-state index contributed by atoms with van der Waals surface area (Å²) in [6, 6.07) is 14.0. The zero-order valence-corrected chi connectivity index (χ0v) is 16.8. The number of nitrogens with one attached hydrogen (secondary N) is 2. The number of hydrogen-bond acceptors (Lipinski definition) is 3. The van der Waals surface area contributed by atoms with Crippen LogP contribution in [-0.4, -0.2) is 17.5 Å². The predicted molar refractivity (Wildman–Crippen MR) is 111 cm³/mol. The van der Waals surface area contributed by atoms with Gasteiger partial charge in [-0.2, -0.15) is 5.10 Å². The molecule has 2 N–H and O–H groups in total. The standard InChI is InChI=1S/C21H22BrN3O2/c1-14-6-2-5-9-19(14)24-25-20(26)15-10-12-16(13-11-15)23-21(27)17-7-3-4-8-18(17)22/h3-4,7-8,10-14H,2,5-6,9H2,1H3,(H,23,27)(H,25,26)/b24-19+/t14-/m1/s1. The Balaban J connectivity index is 1.61. The molecule has 0 bridgehead atoms. The topological polar surface area (TPSA) is 70.6 Å². The zero-order valence-electron chi connectivity index (χ0n) is 15.2. The van der Waals surface area contributed by atoms with Crippen molar-refractivity contribution in [2.24, 2.45) is 11.0 Å². The summed E-state index contributed by atoms with van der Waals surface area (Å²) in [5, 5.41) is 7.13. The van der Waals surface area contributed by atoms with Gasteiger partial charge in [-0.1, -0.05) is 25.5 Å². The van der Waals surface area contributed by atoms with Gasteiger partial charge in [0.1, 0.15) is 0 Å². The van der Waals surface area contributed by atoms with Crippen LogP contribution in [0.25, 0.3) is 0 Å². The van der Waals surface area contributed by atoms with Crippen molar-refractivity contribution >= 4 is 39.1 Å². The fourth-order valence-corrected chi connectivity index (χ4v) is 3.54. The van der Waals surface area contributed by atoms with Gasteiger partial charge in [0.05, 0.1) is 5.56 Å². The third-order valence-electron chi connectivity index (χ3n) is 4.71. The molecule has 6 heteroatoms. The van der Waals surface area contributed by atoms with E-state index in [0.717, 1.165) is 29.4 Å². The van der Waals surface area contributed by atoms with Crippen LogP contribution in [0.1, 0.15) is 53.3 Å². The second-order valence-corrected chi connectivity index (χ2v) is 7.56. The monoisotopic (exact) mass is 427 g/mol. The van der Waals surface area contributed by atoms with Gasteiger partial charge >= 0.3 is 0 Å². The minimum Gasteiger partial charge on any atom is -0.322 e. The molecule has 0 spiro atoms. The van der Waals surface area contributed by atoms with E-state index in [4.69, 9.17) is 0 Å². The number of hydrazone groups is 1. The average molecular weight is 428 g/mol. The maximum absolute atomic E-state index is 12.3. The Morgan fingerprint density at radius 3 is 2.48 bits per heavy atom. The molecule has 0 radical (unpaired) electrons. The van der Waals surface area contributed by atoms with Crippen molar-refractivity contribution < 1.29 is 9.59 Å². The molecule has 0 aromatic heterocycles. The van der Waals surface area contributed by atoms with E-state index in [1.807, 2.05) is 18.2 Å². The third-order valence-corrected chi connectivity index (χ3v) is 5.40. The number of carbonyl (C=O) groups excluding carboxylic acids is 2. The lowest BCUT2D eigenvalue weighted by molar-refractivity contribution is 0.0953. The van der Waals surface area contributed by atoms with E-state index in [1.54, 1.807) is 30.3 Å². The van der Waals surface area contributed by atoms with E-state index in [0.29, 0.717) is 22.7 Å². The van der Waals surface area contributed by atoms with Gasteiger partial charge < -0.3 is 5.32 Å². The molecule has 1 atom stereocenters. The highest BCUT2D eigenvalue weighted by Crippen LogP contribution is 2.21. The van der Waals surface area contributed by atoms with Crippen LogP contribution in [0.3, 0.4) is 0 Å². The first-order chi connectivity index (χ1) is 13.0. The van der Waals surface area contributed by atoms with E-state index in [2.05, 4.69) is 38.7 Å². The number of halogens is 1. The summed E-state index contributed by atoms with van der Waals surface area (Å²) in [5.74, 6) is -0.0322. The number of hydrogen-bond donors (Lipinski definition) is 2. The Bertz CT molecular complexity index is 862. The molecule has 2 aromatic carbocycles. The molecule has 3 rings (SSSR count). The molecule has 1 aliphatic rings. The summed E-state index contributed by atoms with van der Waals surface area (Å²) in [6.45, 7) is 2.15. The molecule has 2 aromatic rings. The third kappa shape index (κ3) is 5.04. The van der Waals surface area contributed by atoms with Gasteiger partial charge in [-0.25, -0.2) is 5.43 Å². The van der Waals surface area contributed by atoms with Crippen LogP contribution >= 0.6 is 15.9 Å². The van der Waals surface area contributed by atoms with Gasteiger partial charge in [-0.05, 0) is 77.5 Å². The van der Waals surface area contributed by atoms with Crippen molar-refractivity contribution in [2.45, 2.75) is 32.6 Å². The number of nitrogens with zero attached hydrogens (tertiary/aromatic N) is 1. The number of benzene rings is 2. The molecule has 27 heavy (non-hydrogen) atoms. The van der Waals surface area contributed by atoms with Crippen molar-refractivity contribution in [3.8, 4) is 0 Å². The van der Waals surface area contributed by atoms with Crippen LogP contribution in [-0.2, 0) is 0 Å². The van der Waals surface area contributed by atoms with E-state index in [-0.39, 0.29) is 11.8 Å². The van der Waals surface area contributed by atoms with Crippen molar-refractivity contribution in [1.29, 1.82) is 0 Å². The number of rotatable bonds is 4. The van der Waals surface area contributed by atoms with E-state index < -0.39 is 0 Å². The van der Waals surface area contributed by atoms with Gasteiger partial charge in [-0.15, -0.1) is 0 Å². The van der Waals surface area contributed by atoms with Crippen molar-refractivity contribution in [2.75, 3.05) is 5.32 Å². The minimum absolute atomic E-state index is 0.211. The van der Waals surface area contributed by atoms with Gasteiger partial charge in [0.2, 0.25) is 0 Å². The normalized spacial score (nSPS) is 18.1. The largest absolute Gasteiger partial charge is 0.322 e. The van der Waals surface area contributed by atoms with Gasteiger partial charge in [0.25, 0.3) is 11.8 Å². The first kappa shape index (κ1) is 19.3. The van der Waals surface area contributed by atoms with Crippen molar-refractivity contribution in [1.82, 2.24) is 5.43 Å². The molecule has 1 fully saturated rings. The minimum atomic E-state index is -0.246. The van der Waals surface area contributed by atoms with Crippen LogP contribution in [0, 0.1) is 5.92 Å². The highest BCUT2D eigenvalue weighted by Gasteiger charge is 2.16. The van der Waals surface area contributed by atoms with Crippen LogP contribution in [0.2, 0.25) is 0 Å². The molecular weight excluding hydrogens is 406 g/mol. The lowest BCUT2D eigenvalue weighted by Gasteiger charge is -2.19. The Morgan fingerprint density at radius 2 is 1.78 bits per heavy atom. The fourth-order valence-electron chi connectivity index (χ4n) is 3.07. The van der Waals surface area contributed by atoms with Crippen molar-refractivity contribution in [3.05, 3.63) is 64.1 Å². The quantitative estimate of drug-likeness (QED) is 0.673. The zero-order chi connectivity index (χ0) is 19.2. The molecule has 1 saturated carbocycles. The molecule has 0 aliphatic heterocycles. The number of carbonyl (C=O) groups is 2.